The predicted octanol–water partition coefficient (Wildman–Crippen LogP) is 1.20. The van der Waals surface area contributed by atoms with Gasteiger partial charge in [0.15, 0.2) is 0 Å². The number of hydrogen-bond acceptors (Lipinski definition) is 4. The first-order valence-corrected chi connectivity index (χ1v) is 6.15. The average Bonchev–Trinajstić information content (AvgIpc) is 2.27. The van der Waals surface area contributed by atoms with E-state index in [1.54, 1.807) is 0 Å². The van der Waals surface area contributed by atoms with Gasteiger partial charge >= 0.3 is 0 Å². The minimum atomic E-state index is -0.598. The maximum Gasteiger partial charge on any atom is 0.131 e. The highest BCUT2D eigenvalue weighted by atomic mass is 16.3. The Morgan fingerprint density at radius 3 is 2.94 bits per heavy atom. The van der Waals surface area contributed by atoms with E-state index in [1.807, 2.05) is 20.0 Å². The van der Waals surface area contributed by atoms with E-state index in [4.69, 9.17) is 5.73 Å². The topological polar surface area (TPSA) is 62.4 Å². The summed E-state index contributed by atoms with van der Waals surface area (Å²) in [4.78, 5) is 6.64. The molecule has 1 aliphatic heterocycles. The number of aromatic nitrogens is 1. The van der Waals surface area contributed by atoms with Crippen LogP contribution in [0.4, 0.5) is 5.82 Å². The fraction of sp³-hybridized carbons (Fsp3) is 0.615. The van der Waals surface area contributed by atoms with Crippen LogP contribution in [0.3, 0.4) is 0 Å². The smallest absolute Gasteiger partial charge is 0.131 e. The van der Waals surface area contributed by atoms with Crippen LogP contribution >= 0.6 is 0 Å². The quantitative estimate of drug-likeness (QED) is 0.808. The van der Waals surface area contributed by atoms with Gasteiger partial charge in [0.25, 0.3) is 0 Å². The monoisotopic (exact) mass is 235 g/mol. The third-order valence-electron chi connectivity index (χ3n) is 3.32. The molecule has 1 atom stereocenters. The first-order valence-electron chi connectivity index (χ1n) is 6.15. The number of nitrogens with two attached hydrogens (primary N) is 1. The maximum atomic E-state index is 10.1. The molecular formula is C13H21N3O. The highest BCUT2D eigenvalue weighted by molar-refractivity contribution is 5.48. The molecule has 0 amide bonds. The predicted molar refractivity (Wildman–Crippen MR) is 68.9 cm³/mol. The van der Waals surface area contributed by atoms with Crippen LogP contribution in [0.25, 0.3) is 0 Å². The zero-order valence-corrected chi connectivity index (χ0v) is 10.6. The number of anilines is 1. The summed E-state index contributed by atoms with van der Waals surface area (Å²) in [5.41, 5.74) is 7.18. The molecular weight excluding hydrogens is 214 g/mol. The molecule has 3 N–H and O–H groups in total. The van der Waals surface area contributed by atoms with Crippen LogP contribution < -0.4 is 10.6 Å². The minimum absolute atomic E-state index is 0.520. The Morgan fingerprint density at radius 2 is 2.35 bits per heavy atom. The summed E-state index contributed by atoms with van der Waals surface area (Å²) in [5.74, 6) is 0.974. The second-order valence-corrected chi connectivity index (χ2v) is 5.21. The van der Waals surface area contributed by atoms with Crippen molar-refractivity contribution in [2.45, 2.75) is 38.8 Å². The van der Waals surface area contributed by atoms with Crippen LogP contribution in [0.15, 0.2) is 12.3 Å². The number of β-amino-alcohol motifs (C(OH)–C–C–N with tert-alkyl or cyclic N) is 1. The molecule has 0 spiro atoms. The molecule has 0 aromatic carbocycles. The van der Waals surface area contributed by atoms with Gasteiger partial charge in [0.1, 0.15) is 5.82 Å². The second kappa shape index (κ2) is 4.63. The van der Waals surface area contributed by atoms with E-state index in [2.05, 4.69) is 16.0 Å². The molecule has 0 aliphatic carbocycles. The number of piperidine rings is 1. The van der Waals surface area contributed by atoms with Crippen LogP contribution in [0.2, 0.25) is 0 Å². The van der Waals surface area contributed by atoms with Gasteiger partial charge in [0.05, 0.1) is 5.60 Å². The van der Waals surface area contributed by atoms with Gasteiger partial charge in [0, 0.05) is 25.8 Å². The number of rotatable bonds is 2. The van der Waals surface area contributed by atoms with Gasteiger partial charge in [-0.1, -0.05) is 0 Å². The van der Waals surface area contributed by atoms with Gasteiger partial charge in [-0.25, -0.2) is 4.98 Å². The van der Waals surface area contributed by atoms with Gasteiger partial charge in [-0.2, -0.15) is 0 Å². The van der Waals surface area contributed by atoms with Crippen molar-refractivity contribution in [1.29, 1.82) is 0 Å². The average molecular weight is 235 g/mol. The molecule has 0 radical (unpaired) electrons. The van der Waals surface area contributed by atoms with Crippen LogP contribution in [0.5, 0.6) is 0 Å². The van der Waals surface area contributed by atoms with E-state index in [9.17, 15) is 5.11 Å². The summed E-state index contributed by atoms with van der Waals surface area (Å²) in [6, 6.07) is 2.08. The van der Waals surface area contributed by atoms with Crippen molar-refractivity contribution in [1.82, 2.24) is 4.98 Å². The fourth-order valence-corrected chi connectivity index (χ4v) is 2.47. The molecule has 1 aliphatic rings. The van der Waals surface area contributed by atoms with Gasteiger partial charge in [-0.05, 0) is 43.9 Å². The third-order valence-corrected chi connectivity index (χ3v) is 3.32. The molecule has 1 aromatic heterocycles. The summed E-state index contributed by atoms with van der Waals surface area (Å²) in [6.45, 7) is 6.08. The molecule has 94 valence electrons. The lowest BCUT2D eigenvalue weighted by Gasteiger charge is -2.38. The van der Waals surface area contributed by atoms with Crippen molar-refractivity contribution >= 4 is 5.82 Å². The van der Waals surface area contributed by atoms with Gasteiger partial charge < -0.3 is 15.7 Å². The minimum Gasteiger partial charge on any atom is -0.388 e. The molecule has 0 saturated carbocycles. The highest BCUT2D eigenvalue weighted by Crippen LogP contribution is 2.26. The SMILES string of the molecule is Cc1cc(CN)cnc1N1CCCC(C)(O)C1. The van der Waals surface area contributed by atoms with Crippen LogP contribution in [0.1, 0.15) is 30.9 Å². The second-order valence-electron chi connectivity index (χ2n) is 5.21. The van der Waals surface area contributed by atoms with Gasteiger partial charge in [-0.3, -0.25) is 0 Å². The van der Waals surface area contributed by atoms with E-state index >= 15 is 0 Å². The summed E-state index contributed by atoms with van der Waals surface area (Å²) in [5, 5.41) is 10.1. The van der Waals surface area contributed by atoms with Gasteiger partial charge in [-0.15, -0.1) is 0 Å². The summed E-state index contributed by atoms with van der Waals surface area (Å²) >= 11 is 0. The number of aliphatic hydroxyl groups is 1. The van der Waals surface area contributed by atoms with E-state index < -0.39 is 5.60 Å². The Kier molecular flexibility index (Phi) is 3.35. The lowest BCUT2D eigenvalue weighted by Crippen LogP contribution is -2.46. The molecule has 1 saturated heterocycles. The van der Waals surface area contributed by atoms with Crippen molar-refractivity contribution in [3.05, 3.63) is 23.4 Å². The van der Waals surface area contributed by atoms with Crippen LogP contribution in [-0.4, -0.2) is 28.8 Å². The van der Waals surface area contributed by atoms with Crippen LogP contribution in [-0.2, 0) is 6.54 Å². The van der Waals surface area contributed by atoms with Crippen molar-refractivity contribution in [2.24, 2.45) is 5.73 Å². The molecule has 2 rings (SSSR count). The lowest BCUT2D eigenvalue weighted by atomic mass is 9.95. The number of aryl methyl sites for hydroxylation is 1. The molecule has 17 heavy (non-hydrogen) atoms. The molecule has 4 heteroatoms. The van der Waals surface area contributed by atoms with E-state index in [0.717, 1.165) is 36.3 Å². The first kappa shape index (κ1) is 12.3. The van der Waals surface area contributed by atoms with Gasteiger partial charge in [0.2, 0.25) is 0 Å². The Labute approximate surface area is 102 Å². The Bertz CT molecular complexity index is 404. The van der Waals surface area contributed by atoms with E-state index in [1.165, 1.54) is 0 Å². The normalized spacial score (nSPS) is 25.1. The number of hydrogen-bond donors (Lipinski definition) is 2. The largest absolute Gasteiger partial charge is 0.388 e. The summed E-state index contributed by atoms with van der Waals surface area (Å²) < 4.78 is 0. The van der Waals surface area contributed by atoms with Crippen molar-refractivity contribution in [2.75, 3.05) is 18.0 Å². The lowest BCUT2D eigenvalue weighted by molar-refractivity contribution is 0.0447. The summed E-state index contributed by atoms with van der Waals surface area (Å²) in [6.07, 6.45) is 3.70. The molecule has 1 unspecified atom stereocenters. The van der Waals surface area contributed by atoms with Crippen molar-refractivity contribution < 1.29 is 5.11 Å². The zero-order chi connectivity index (χ0) is 12.5. The first-order chi connectivity index (χ1) is 8.02. The molecule has 4 nitrogen and oxygen atoms in total. The Balaban J connectivity index is 2.22. The molecule has 1 fully saturated rings. The fourth-order valence-electron chi connectivity index (χ4n) is 2.47. The molecule has 2 heterocycles. The van der Waals surface area contributed by atoms with E-state index in [0.29, 0.717) is 13.1 Å². The molecule has 0 bridgehead atoms. The Morgan fingerprint density at radius 1 is 1.59 bits per heavy atom. The van der Waals surface area contributed by atoms with Crippen LogP contribution in [0, 0.1) is 6.92 Å². The Hall–Kier alpha value is -1.13. The zero-order valence-electron chi connectivity index (χ0n) is 10.6. The summed E-state index contributed by atoms with van der Waals surface area (Å²) in [7, 11) is 0. The van der Waals surface area contributed by atoms with Crippen molar-refractivity contribution in [3.8, 4) is 0 Å². The van der Waals surface area contributed by atoms with Crippen molar-refractivity contribution in [3.63, 3.8) is 0 Å². The third kappa shape index (κ3) is 2.76. The standard InChI is InChI=1S/C13H21N3O/c1-10-6-11(7-14)8-15-12(10)16-5-3-4-13(2,17)9-16/h6,8,17H,3-5,7,9,14H2,1-2H3. The maximum absolute atomic E-state index is 10.1. The molecule has 1 aromatic rings. The highest BCUT2D eigenvalue weighted by Gasteiger charge is 2.29. The van der Waals surface area contributed by atoms with E-state index in [-0.39, 0.29) is 0 Å². The number of pyridine rings is 1. The number of nitrogens with zero attached hydrogens (tertiary/aromatic N) is 2.